The minimum atomic E-state index is -1.56. The molecule has 110 valence electrons. The highest BCUT2D eigenvalue weighted by molar-refractivity contribution is 4.93. The van der Waals surface area contributed by atoms with Gasteiger partial charge in [0, 0.05) is 28.5 Å². The minimum Gasteiger partial charge on any atom is -0.384 e. The average Bonchev–Trinajstić information content (AvgIpc) is 2.83. The molecule has 2 heterocycles. The third kappa shape index (κ3) is 3.04. The van der Waals surface area contributed by atoms with Crippen LogP contribution in [0.5, 0.6) is 0 Å². The molecule has 2 rings (SSSR count). The van der Waals surface area contributed by atoms with Crippen LogP contribution in [0.15, 0.2) is 32.1 Å². The molecule has 1 aliphatic rings. The van der Waals surface area contributed by atoms with Gasteiger partial charge in [-0.25, -0.2) is 4.79 Å². The van der Waals surface area contributed by atoms with Gasteiger partial charge in [-0.1, -0.05) is 10.2 Å². The Kier molecular flexibility index (Phi) is 4.26. The molecule has 1 fully saturated rings. The molecule has 0 bridgehead atoms. The first kappa shape index (κ1) is 14.6. The number of nitrogens with one attached hydrogen (secondary N) is 1. The van der Waals surface area contributed by atoms with Crippen molar-refractivity contribution < 1.29 is 9.84 Å². The normalized spacial score (nSPS) is 25.7. The Hall–Kier alpha value is -2.78. The maximum absolute atomic E-state index is 11.7. The number of ether oxygens (including phenoxy) is 1. The van der Waals surface area contributed by atoms with E-state index in [1.165, 1.54) is 6.20 Å². The molecule has 1 aromatic heterocycles. The highest BCUT2D eigenvalue weighted by Crippen LogP contribution is 2.32. The molecule has 0 amide bonds. The van der Waals surface area contributed by atoms with Gasteiger partial charge in [-0.15, -0.1) is 0 Å². The van der Waals surface area contributed by atoms with Crippen LogP contribution in [0, 0.1) is 0 Å². The van der Waals surface area contributed by atoms with Crippen LogP contribution in [0.3, 0.4) is 0 Å². The third-order valence-corrected chi connectivity index (χ3v) is 2.96. The average molecular weight is 294 g/mol. The number of hydrogen-bond acceptors (Lipinski definition) is 6. The van der Waals surface area contributed by atoms with Crippen molar-refractivity contribution >= 4 is 0 Å². The van der Waals surface area contributed by atoms with Gasteiger partial charge in [-0.3, -0.25) is 14.3 Å². The number of hydrogen-bond donors (Lipinski definition) is 2. The number of aliphatic hydroxyl groups excluding tert-OH is 1. The zero-order valence-corrected chi connectivity index (χ0v) is 10.5. The van der Waals surface area contributed by atoms with E-state index < -0.39 is 35.9 Å². The van der Waals surface area contributed by atoms with E-state index in [9.17, 15) is 14.7 Å². The molecule has 1 unspecified atom stereocenters. The summed E-state index contributed by atoms with van der Waals surface area (Å²) in [7, 11) is 0. The van der Waals surface area contributed by atoms with E-state index in [4.69, 9.17) is 15.8 Å². The van der Waals surface area contributed by atoms with Gasteiger partial charge < -0.3 is 9.84 Å². The maximum Gasteiger partial charge on any atom is 0.330 e. The quantitative estimate of drug-likeness (QED) is 0.454. The molecule has 1 aromatic rings. The molecular formula is C9H10N8O4. The lowest BCUT2D eigenvalue weighted by molar-refractivity contribution is -0.0610. The number of rotatable bonds is 4. The fourth-order valence-electron chi connectivity index (χ4n) is 2.07. The summed E-state index contributed by atoms with van der Waals surface area (Å²) in [6, 6.07) is 0.309. The SMILES string of the molecule is [N-]=[N+]=NC(O)[C@H]1O[C@@H](n2ccc(=O)[nH]c2=O)C[C@@H]1N=[N+]=[N-]. The lowest BCUT2D eigenvalue weighted by Gasteiger charge is -2.18. The second-order valence-electron chi connectivity index (χ2n) is 4.20. The Balaban J connectivity index is 2.32. The van der Waals surface area contributed by atoms with Gasteiger partial charge >= 0.3 is 5.69 Å². The van der Waals surface area contributed by atoms with Crippen LogP contribution in [-0.4, -0.2) is 33.0 Å². The van der Waals surface area contributed by atoms with Crippen molar-refractivity contribution in [1.82, 2.24) is 9.55 Å². The third-order valence-electron chi connectivity index (χ3n) is 2.96. The van der Waals surface area contributed by atoms with E-state index in [-0.39, 0.29) is 6.42 Å². The fourth-order valence-corrected chi connectivity index (χ4v) is 2.07. The van der Waals surface area contributed by atoms with Crippen LogP contribution in [0.25, 0.3) is 20.9 Å². The van der Waals surface area contributed by atoms with Crippen molar-refractivity contribution in [2.24, 2.45) is 10.2 Å². The van der Waals surface area contributed by atoms with E-state index >= 15 is 0 Å². The van der Waals surface area contributed by atoms with Gasteiger partial charge in [-0.2, -0.15) is 0 Å². The molecule has 0 saturated carbocycles. The lowest BCUT2D eigenvalue weighted by Crippen LogP contribution is -2.33. The summed E-state index contributed by atoms with van der Waals surface area (Å²) >= 11 is 0. The zero-order chi connectivity index (χ0) is 15.4. The summed E-state index contributed by atoms with van der Waals surface area (Å²) in [5.41, 5.74) is 15.6. The van der Waals surface area contributed by atoms with Crippen LogP contribution in [0.1, 0.15) is 12.6 Å². The predicted molar refractivity (Wildman–Crippen MR) is 67.9 cm³/mol. The molecule has 0 spiro atoms. The van der Waals surface area contributed by atoms with Crippen LogP contribution >= 0.6 is 0 Å². The van der Waals surface area contributed by atoms with E-state index in [1.807, 2.05) is 0 Å². The molecule has 21 heavy (non-hydrogen) atoms. The molecule has 0 radical (unpaired) electrons. The Labute approximate surface area is 115 Å². The van der Waals surface area contributed by atoms with Crippen LogP contribution in [0.2, 0.25) is 0 Å². The second-order valence-corrected chi connectivity index (χ2v) is 4.20. The molecule has 4 atom stereocenters. The van der Waals surface area contributed by atoms with Crippen LogP contribution in [-0.2, 0) is 4.74 Å². The number of H-pyrrole nitrogens is 1. The number of aromatic nitrogens is 2. The molecule has 0 aliphatic carbocycles. The van der Waals surface area contributed by atoms with Crippen molar-refractivity contribution in [3.8, 4) is 0 Å². The van der Waals surface area contributed by atoms with E-state index in [1.54, 1.807) is 0 Å². The molecule has 1 aliphatic heterocycles. The molecule has 0 aromatic carbocycles. The number of nitrogens with zero attached hydrogens (tertiary/aromatic N) is 7. The van der Waals surface area contributed by atoms with Gasteiger partial charge in [0.1, 0.15) is 12.3 Å². The molecular weight excluding hydrogens is 284 g/mol. The monoisotopic (exact) mass is 294 g/mol. The molecule has 12 nitrogen and oxygen atoms in total. The minimum absolute atomic E-state index is 0.0820. The lowest BCUT2D eigenvalue weighted by atomic mass is 10.1. The highest BCUT2D eigenvalue weighted by Gasteiger charge is 2.40. The van der Waals surface area contributed by atoms with Crippen molar-refractivity contribution in [2.45, 2.75) is 31.0 Å². The largest absolute Gasteiger partial charge is 0.384 e. The Bertz CT molecular complexity index is 728. The maximum atomic E-state index is 11.7. The van der Waals surface area contributed by atoms with Crippen molar-refractivity contribution in [1.29, 1.82) is 0 Å². The van der Waals surface area contributed by atoms with Gasteiger partial charge in [0.05, 0.1) is 6.04 Å². The zero-order valence-electron chi connectivity index (χ0n) is 10.5. The van der Waals surface area contributed by atoms with Crippen molar-refractivity contribution in [2.75, 3.05) is 0 Å². The summed E-state index contributed by atoms with van der Waals surface area (Å²) in [6.45, 7) is 0. The van der Waals surface area contributed by atoms with Crippen molar-refractivity contribution in [3.05, 3.63) is 54.0 Å². The fraction of sp³-hybridized carbons (Fsp3) is 0.556. The van der Waals surface area contributed by atoms with Crippen LogP contribution in [0.4, 0.5) is 0 Å². The first-order chi connectivity index (χ1) is 10.1. The van der Waals surface area contributed by atoms with Gasteiger partial charge in [0.2, 0.25) is 0 Å². The highest BCUT2D eigenvalue weighted by atomic mass is 16.5. The number of azide groups is 2. The summed E-state index contributed by atoms with van der Waals surface area (Å²) < 4.78 is 6.50. The standard InChI is InChI=1S/C9H10N8O4/c10-15-13-4-3-6(21-7(4)8(19)14-16-11)17-2-1-5(18)12-9(17)20/h1-2,4,6-8,19H,3H2,(H,12,18,20)/t4-,6+,7-,8?/m0/s1. The molecule has 1 saturated heterocycles. The summed E-state index contributed by atoms with van der Waals surface area (Å²) in [6.07, 6.45) is -2.20. The van der Waals surface area contributed by atoms with E-state index in [0.29, 0.717) is 0 Å². The smallest absolute Gasteiger partial charge is 0.330 e. The first-order valence-electron chi connectivity index (χ1n) is 5.80. The van der Waals surface area contributed by atoms with Gasteiger partial charge in [-0.05, 0) is 11.1 Å². The van der Waals surface area contributed by atoms with Crippen LogP contribution < -0.4 is 11.2 Å². The van der Waals surface area contributed by atoms with Crippen molar-refractivity contribution in [3.63, 3.8) is 0 Å². The molecule has 2 N–H and O–H groups in total. The number of aliphatic hydroxyl groups is 1. The Morgan fingerprint density at radius 2 is 2.24 bits per heavy atom. The molecule has 12 heteroatoms. The van der Waals surface area contributed by atoms with E-state index in [0.717, 1.165) is 10.6 Å². The summed E-state index contributed by atoms with van der Waals surface area (Å²) in [5, 5.41) is 16.2. The Morgan fingerprint density at radius 3 is 2.86 bits per heavy atom. The number of aromatic amines is 1. The first-order valence-corrected chi connectivity index (χ1v) is 5.80. The summed E-state index contributed by atoms with van der Waals surface area (Å²) in [5.74, 6) is 0. The second kappa shape index (κ2) is 6.11. The topological polar surface area (TPSA) is 182 Å². The van der Waals surface area contributed by atoms with Gasteiger partial charge in [0.15, 0.2) is 6.23 Å². The Morgan fingerprint density at radius 1 is 1.48 bits per heavy atom. The predicted octanol–water partition coefficient (Wildman–Crippen LogP) is 0.132. The van der Waals surface area contributed by atoms with Gasteiger partial charge in [0.25, 0.3) is 5.56 Å². The summed E-state index contributed by atoms with van der Waals surface area (Å²) in [4.78, 5) is 29.8. The van der Waals surface area contributed by atoms with E-state index in [2.05, 4.69) is 25.0 Å².